The zero-order valence-corrected chi connectivity index (χ0v) is 28.6. The van der Waals surface area contributed by atoms with E-state index < -0.39 is 23.4 Å². The molecule has 2 aromatic carbocycles. The third-order valence-electron chi connectivity index (χ3n) is 10.5. The van der Waals surface area contributed by atoms with Crippen LogP contribution < -0.4 is 10.2 Å². The number of rotatable bonds is 6. The average Bonchev–Trinajstić information content (AvgIpc) is 3.68. The second-order valence-corrected chi connectivity index (χ2v) is 15.2. The van der Waals surface area contributed by atoms with Crippen LogP contribution in [0, 0.1) is 18.2 Å². The van der Waals surface area contributed by atoms with E-state index in [2.05, 4.69) is 43.5 Å². The number of nitrogens with zero attached hydrogens (tertiary/aromatic N) is 5. The molecule has 3 amide bonds. The van der Waals surface area contributed by atoms with Crippen LogP contribution in [0.1, 0.15) is 91.4 Å². The SMILES string of the molecule is Cc1nc(-c2cc(C(=O)OC(C)(C)C)on2)ncc1-c1ccc2c(c1)CCC2N1CC2(CC(c3ccc(N4CCC(=O)NC4=O)c(F)c3)C2)C1. The average molecular weight is 679 g/mol. The van der Waals surface area contributed by atoms with Crippen LogP contribution in [0.25, 0.3) is 22.6 Å². The minimum Gasteiger partial charge on any atom is -0.454 e. The predicted molar refractivity (Wildman–Crippen MR) is 182 cm³/mol. The lowest BCUT2D eigenvalue weighted by atomic mass is 9.56. The molecule has 4 aromatic rings. The summed E-state index contributed by atoms with van der Waals surface area (Å²) in [7, 11) is 0. The number of hydrogen-bond donors (Lipinski definition) is 1. The molecule has 50 heavy (non-hydrogen) atoms. The molecule has 2 saturated heterocycles. The van der Waals surface area contributed by atoms with Crippen molar-refractivity contribution in [3.63, 3.8) is 0 Å². The third-order valence-corrected chi connectivity index (χ3v) is 10.5. The van der Waals surface area contributed by atoms with Gasteiger partial charge >= 0.3 is 12.0 Å². The molecule has 258 valence electrons. The molecule has 3 fully saturated rings. The Morgan fingerprint density at radius 2 is 1.88 bits per heavy atom. The molecule has 1 atom stereocenters. The highest BCUT2D eigenvalue weighted by molar-refractivity contribution is 6.05. The number of nitrogens with one attached hydrogen (secondary N) is 1. The van der Waals surface area contributed by atoms with Gasteiger partial charge in [-0.1, -0.05) is 29.4 Å². The van der Waals surface area contributed by atoms with Crippen molar-refractivity contribution in [3.8, 4) is 22.6 Å². The highest BCUT2D eigenvalue weighted by Crippen LogP contribution is 2.58. The van der Waals surface area contributed by atoms with Gasteiger partial charge < -0.3 is 9.26 Å². The lowest BCUT2D eigenvalue weighted by Crippen LogP contribution is -2.62. The first-order valence-corrected chi connectivity index (χ1v) is 17.2. The molecule has 8 rings (SSSR count). The van der Waals surface area contributed by atoms with Gasteiger partial charge in [0, 0.05) is 55.6 Å². The molecule has 12 heteroatoms. The number of fused-ring (bicyclic) bond motifs is 1. The number of likely N-dealkylation sites (tertiary alicyclic amines) is 1. The van der Waals surface area contributed by atoms with Crippen LogP contribution in [0.4, 0.5) is 14.9 Å². The number of carbonyl (C=O) groups is 3. The number of hydrogen-bond acceptors (Lipinski definition) is 9. The van der Waals surface area contributed by atoms with Gasteiger partial charge in [0.15, 0.2) is 11.5 Å². The van der Waals surface area contributed by atoms with Crippen molar-refractivity contribution < 1.29 is 28.0 Å². The molecule has 1 saturated carbocycles. The Morgan fingerprint density at radius 3 is 2.60 bits per heavy atom. The lowest BCUT2D eigenvalue weighted by molar-refractivity contribution is -0.120. The molecule has 11 nitrogen and oxygen atoms in total. The Morgan fingerprint density at radius 1 is 1.08 bits per heavy atom. The number of amides is 3. The quantitative estimate of drug-likeness (QED) is 0.227. The Kier molecular flexibility index (Phi) is 7.63. The summed E-state index contributed by atoms with van der Waals surface area (Å²) < 4.78 is 25.7. The van der Waals surface area contributed by atoms with Crippen LogP contribution in [0.3, 0.4) is 0 Å². The van der Waals surface area contributed by atoms with Gasteiger partial charge in [-0.05, 0) is 99.1 Å². The van der Waals surface area contributed by atoms with Crippen molar-refractivity contribution in [2.24, 2.45) is 5.41 Å². The monoisotopic (exact) mass is 678 g/mol. The van der Waals surface area contributed by atoms with E-state index in [-0.39, 0.29) is 35.7 Å². The fourth-order valence-electron chi connectivity index (χ4n) is 8.13. The highest BCUT2D eigenvalue weighted by atomic mass is 19.1. The van der Waals surface area contributed by atoms with Crippen molar-refractivity contribution >= 4 is 23.6 Å². The fourth-order valence-corrected chi connectivity index (χ4v) is 8.13. The number of urea groups is 1. The second-order valence-electron chi connectivity index (χ2n) is 15.2. The molecule has 1 N–H and O–H groups in total. The van der Waals surface area contributed by atoms with Crippen LogP contribution in [0.5, 0.6) is 0 Å². The Bertz CT molecular complexity index is 2040. The van der Waals surface area contributed by atoms with Gasteiger partial charge in [0.25, 0.3) is 0 Å². The summed E-state index contributed by atoms with van der Waals surface area (Å²) in [6, 6.07) is 13.1. The summed E-state index contributed by atoms with van der Waals surface area (Å²) in [5, 5.41) is 6.25. The van der Waals surface area contributed by atoms with Gasteiger partial charge in [-0.3, -0.25) is 19.9 Å². The lowest BCUT2D eigenvalue weighted by Gasteiger charge is -2.61. The molecule has 0 radical (unpaired) electrons. The first-order chi connectivity index (χ1) is 23.8. The van der Waals surface area contributed by atoms with Crippen LogP contribution in [-0.4, -0.2) is 63.2 Å². The number of ether oxygens (including phenoxy) is 1. The maximum Gasteiger partial charge on any atom is 0.377 e. The zero-order chi connectivity index (χ0) is 34.9. The van der Waals surface area contributed by atoms with Crippen molar-refractivity contribution in [1.29, 1.82) is 0 Å². The van der Waals surface area contributed by atoms with Crippen LogP contribution in [0.15, 0.2) is 53.2 Å². The summed E-state index contributed by atoms with van der Waals surface area (Å²) in [6.45, 7) is 9.58. The number of esters is 1. The Hall–Kier alpha value is -4.97. The van der Waals surface area contributed by atoms with Crippen LogP contribution in [0.2, 0.25) is 0 Å². The maximum atomic E-state index is 15.1. The van der Waals surface area contributed by atoms with Crippen molar-refractivity contribution in [3.05, 3.63) is 82.6 Å². The molecule has 2 aliphatic heterocycles. The molecule has 1 unspecified atom stereocenters. The van der Waals surface area contributed by atoms with E-state index in [1.165, 1.54) is 22.1 Å². The van der Waals surface area contributed by atoms with Gasteiger partial charge in [0.05, 0.1) is 5.69 Å². The van der Waals surface area contributed by atoms with Gasteiger partial charge in [0.1, 0.15) is 11.4 Å². The standard InChI is InChI=1S/C38H39FN6O5/c1-21-27(18-40-34(41-21)29-15-32(50-43-29)35(47)49-37(2,3)4)24-5-8-26-23(13-24)7-9-30(26)44-19-38(20-44)16-25(17-38)22-6-10-31(28(39)14-22)45-12-11-33(46)42-36(45)48/h5-6,8,10,13-15,18,25,30H,7,9,11-12,16-17,19-20H2,1-4H3,(H,42,46,48). The van der Waals surface area contributed by atoms with Gasteiger partial charge in [-0.2, -0.15) is 0 Å². The van der Waals surface area contributed by atoms with E-state index in [4.69, 9.17) is 9.26 Å². The molecule has 2 aliphatic carbocycles. The van der Waals surface area contributed by atoms with E-state index in [1.54, 1.807) is 39.1 Å². The smallest absolute Gasteiger partial charge is 0.377 e. The van der Waals surface area contributed by atoms with Gasteiger partial charge in [-0.15, -0.1) is 0 Å². The zero-order valence-electron chi connectivity index (χ0n) is 28.6. The van der Waals surface area contributed by atoms with E-state index in [0.717, 1.165) is 61.2 Å². The van der Waals surface area contributed by atoms with E-state index in [9.17, 15) is 14.4 Å². The normalized spacial score (nSPS) is 20.3. The summed E-state index contributed by atoms with van der Waals surface area (Å²) in [6.07, 6.45) is 6.12. The molecule has 4 heterocycles. The van der Waals surface area contributed by atoms with E-state index in [0.29, 0.717) is 23.5 Å². The first kappa shape index (κ1) is 32.2. The molecule has 2 aromatic heterocycles. The van der Waals surface area contributed by atoms with Gasteiger partial charge in [0.2, 0.25) is 11.7 Å². The number of carbonyl (C=O) groups excluding carboxylic acids is 3. The van der Waals surface area contributed by atoms with Crippen LogP contribution >= 0.6 is 0 Å². The summed E-state index contributed by atoms with van der Waals surface area (Å²) >= 11 is 0. The number of imide groups is 1. The van der Waals surface area contributed by atoms with Crippen molar-refractivity contribution in [2.45, 2.75) is 77.4 Å². The molecule has 4 aliphatic rings. The topological polar surface area (TPSA) is 131 Å². The summed E-state index contributed by atoms with van der Waals surface area (Å²) in [4.78, 5) is 49.1. The Labute approximate surface area is 289 Å². The Balaban J connectivity index is 0.886. The number of aryl methyl sites for hydroxylation is 2. The second kappa shape index (κ2) is 11.8. The number of aromatic nitrogens is 3. The minimum atomic E-state index is -0.646. The number of anilines is 1. The summed E-state index contributed by atoms with van der Waals surface area (Å²) in [5.74, 6) is -0.652. The van der Waals surface area contributed by atoms with Crippen molar-refractivity contribution in [1.82, 2.24) is 25.3 Å². The molecular weight excluding hydrogens is 639 g/mol. The number of halogens is 1. The minimum absolute atomic E-state index is 0.00547. The van der Waals surface area contributed by atoms with E-state index in [1.807, 2.05) is 13.0 Å². The number of benzene rings is 2. The van der Waals surface area contributed by atoms with Crippen molar-refractivity contribution in [2.75, 3.05) is 24.5 Å². The largest absolute Gasteiger partial charge is 0.454 e. The molecule has 1 spiro atoms. The third kappa shape index (κ3) is 5.85. The maximum absolute atomic E-state index is 15.1. The van der Waals surface area contributed by atoms with Crippen LogP contribution in [-0.2, 0) is 16.0 Å². The van der Waals surface area contributed by atoms with Gasteiger partial charge in [-0.25, -0.2) is 23.9 Å². The molecule has 0 bridgehead atoms. The predicted octanol–water partition coefficient (Wildman–Crippen LogP) is 6.51. The fraction of sp³-hybridized carbons (Fsp3) is 0.421. The first-order valence-electron chi connectivity index (χ1n) is 17.2. The summed E-state index contributed by atoms with van der Waals surface area (Å²) in [5.41, 5.74) is 6.74. The molecular formula is C38H39FN6O5. The van der Waals surface area contributed by atoms with E-state index >= 15 is 4.39 Å². The highest BCUT2D eigenvalue weighted by Gasteiger charge is 2.54.